The van der Waals surface area contributed by atoms with Gasteiger partial charge in [0, 0.05) is 35.9 Å². The van der Waals surface area contributed by atoms with Gasteiger partial charge in [-0.1, -0.05) is 0 Å². The van der Waals surface area contributed by atoms with E-state index in [2.05, 4.69) is 15.1 Å². The number of halogens is 2. The number of hydrogen-bond acceptors (Lipinski definition) is 7. The summed E-state index contributed by atoms with van der Waals surface area (Å²) in [4.78, 5) is 18.7. The Labute approximate surface area is 200 Å². The van der Waals surface area contributed by atoms with Gasteiger partial charge < -0.3 is 9.47 Å². The number of ether oxygens (including phenoxy) is 2. The topological polar surface area (TPSA) is 87.8 Å². The van der Waals surface area contributed by atoms with Crippen LogP contribution in [0.5, 0.6) is 0 Å². The first-order valence-electron chi connectivity index (χ1n) is 11.7. The van der Waals surface area contributed by atoms with E-state index in [1.165, 1.54) is 12.1 Å². The summed E-state index contributed by atoms with van der Waals surface area (Å²) in [6.45, 7) is 5.56. The van der Waals surface area contributed by atoms with Crippen LogP contribution in [0.1, 0.15) is 53.7 Å². The van der Waals surface area contributed by atoms with Crippen LogP contribution in [-0.4, -0.2) is 49.5 Å². The molecule has 6 rings (SSSR count). The molecule has 2 atom stereocenters. The van der Waals surface area contributed by atoms with Gasteiger partial charge >= 0.3 is 0 Å². The van der Waals surface area contributed by atoms with E-state index < -0.39 is 11.6 Å². The molecular weight excluding hydrogens is 454 g/mol. The van der Waals surface area contributed by atoms with E-state index in [1.807, 2.05) is 30.9 Å². The van der Waals surface area contributed by atoms with Gasteiger partial charge in [-0.15, -0.1) is 0 Å². The van der Waals surface area contributed by atoms with Crippen molar-refractivity contribution in [3.05, 3.63) is 65.0 Å². The number of aryl methyl sites for hydroxylation is 2. The van der Waals surface area contributed by atoms with Crippen LogP contribution < -0.4 is 0 Å². The van der Waals surface area contributed by atoms with Gasteiger partial charge in [-0.2, -0.15) is 5.10 Å². The highest BCUT2D eigenvalue weighted by Crippen LogP contribution is 2.38. The minimum absolute atomic E-state index is 0.0285. The summed E-state index contributed by atoms with van der Waals surface area (Å²) in [7, 11) is 0. The lowest BCUT2D eigenvalue weighted by Crippen LogP contribution is -2.30. The van der Waals surface area contributed by atoms with E-state index in [0.29, 0.717) is 54.6 Å². The van der Waals surface area contributed by atoms with Crippen molar-refractivity contribution in [3.8, 4) is 11.3 Å². The highest BCUT2D eigenvalue weighted by atomic mass is 19.1. The molecule has 35 heavy (non-hydrogen) atoms. The number of hydrogen-bond donors (Lipinski definition) is 0. The minimum atomic E-state index is -0.701. The second-order valence-corrected chi connectivity index (χ2v) is 9.15. The first-order valence-corrected chi connectivity index (χ1v) is 11.7. The normalized spacial score (nSPS) is 20.8. The van der Waals surface area contributed by atoms with Crippen molar-refractivity contribution in [2.75, 3.05) is 19.8 Å². The molecule has 2 fully saturated rings. The largest absolute Gasteiger partial charge is 0.377 e. The van der Waals surface area contributed by atoms with Crippen LogP contribution in [0.15, 0.2) is 30.6 Å². The summed E-state index contributed by atoms with van der Waals surface area (Å²) in [5, 5.41) is 4.48. The molecule has 3 aromatic heterocycles. The lowest BCUT2D eigenvalue weighted by molar-refractivity contribution is -0.0290. The molecule has 0 amide bonds. The maximum atomic E-state index is 14.8. The molecule has 0 radical (unpaired) electrons. The molecule has 1 aromatic carbocycles. The van der Waals surface area contributed by atoms with Gasteiger partial charge in [0.1, 0.15) is 28.7 Å². The Hall–Kier alpha value is -3.37. The quantitative estimate of drug-likeness (QED) is 0.430. The molecule has 0 unspecified atom stereocenters. The Balaban J connectivity index is 1.39. The van der Waals surface area contributed by atoms with Crippen LogP contribution in [0.3, 0.4) is 0 Å². The van der Waals surface area contributed by atoms with Crippen molar-refractivity contribution in [2.24, 2.45) is 0 Å². The number of nitrogens with zero attached hydrogens (tertiary/aromatic N) is 6. The summed E-state index contributed by atoms with van der Waals surface area (Å²) in [6.07, 6.45) is 5.07. The Morgan fingerprint density at radius 1 is 1.03 bits per heavy atom. The van der Waals surface area contributed by atoms with Crippen molar-refractivity contribution in [1.29, 1.82) is 0 Å². The van der Waals surface area contributed by atoms with E-state index >= 15 is 0 Å². The fraction of sp³-hybridized carbons (Fsp3) is 0.400. The fourth-order valence-corrected chi connectivity index (χ4v) is 4.54. The molecule has 0 bridgehead atoms. The molecule has 2 aliphatic rings. The zero-order valence-corrected chi connectivity index (χ0v) is 19.4. The Morgan fingerprint density at radius 2 is 1.86 bits per heavy atom. The highest BCUT2D eigenvalue weighted by molar-refractivity contribution is 5.87. The molecule has 0 saturated carbocycles. The maximum absolute atomic E-state index is 14.8. The lowest BCUT2D eigenvalue weighted by Gasteiger charge is -2.29. The van der Waals surface area contributed by atoms with Crippen LogP contribution in [0.25, 0.3) is 22.4 Å². The molecule has 0 N–H and O–H groups in total. The molecular formula is C25H24F2N6O2. The predicted molar refractivity (Wildman–Crippen MR) is 123 cm³/mol. The SMILES string of the molecule is Cc1nc2nc([C@@H]3CCO[C@@H](c4cnn(C5COC5)c4)C3)nc(-c3ccc(F)cc3F)c2nc1C. The molecule has 2 aliphatic heterocycles. The van der Waals surface area contributed by atoms with Gasteiger partial charge in [0.05, 0.1) is 42.9 Å². The molecule has 5 heterocycles. The Kier molecular flexibility index (Phi) is 5.49. The maximum Gasteiger partial charge on any atom is 0.182 e. The predicted octanol–water partition coefficient (Wildman–Crippen LogP) is 4.38. The molecule has 180 valence electrons. The summed E-state index contributed by atoms with van der Waals surface area (Å²) in [5.74, 6) is -0.821. The van der Waals surface area contributed by atoms with Crippen LogP contribution in [-0.2, 0) is 9.47 Å². The molecule has 8 nitrogen and oxygen atoms in total. The minimum Gasteiger partial charge on any atom is -0.377 e. The summed E-state index contributed by atoms with van der Waals surface area (Å²) in [6, 6.07) is 3.73. The van der Waals surface area contributed by atoms with Crippen molar-refractivity contribution in [2.45, 2.75) is 44.8 Å². The van der Waals surface area contributed by atoms with Gasteiger partial charge in [0.2, 0.25) is 0 Å². The van der Waals surface area contributed by atoms with Crippen LogP contribution in [0.4, 0.5) is 8.78 Å². The molecule has 2 saturated heterocycles. The standard InChI is InChI=1S/C25H24F2N6O2/c1-13-14(2)30-25-23(29-13)22(19-4-3-17(26)8-20(19)27)31-24(32-25)15-5-6-35-21(7-15)16-9-28-33(10-16)18-11-34-12-18/h3-4,8-10,15,18,21H,5-7,11-12H2,1-2H3/t15-,21-/m1/s1. The number of fused-ring (bicyclic) bond motifs is 1. The van der Waals surface area contributed by atoms with Crippen molar-refractivity contribution >= 4 is 11.2 Å². The van der Waals surface area contributed by atoms with Gasteiger partial charge in [-0.05, 0) is 38.8 Å². The molecule has 0 aliphatic carbocycles. The van der Waals surface area contributed by atoms with Crippen LogP contribution >= 0.6 is 0 Å². The summed E-state index contributed by atoms with van der Waals surface area (Å²) >= 11 is 0. The van der Waals surface area contributed by atoms with E-state index in [-0.39, 0.29) is 23.6 Å². The smallest absolute Gasteiger partial charge is 0.182 e. The second kappa shape index (κ2) is 8.69. The monoisotopic (exact) mass is 478 g/mol. The first-order chi connectivity index (χ1) is 17.0. The molecule has 10 heteroatoms. The third-order valence-corrected chi connectivity index (χ3v) is 6.78. The Morgan fingerprint density at radius 3 is 2.63 bits per heavy atom. The molecule has 4 aromatic rings. The third-order valence-electron chi connectivity index (χ3n) is 6.78. The number of aromatic nitrogens is 6. The van der Waals surface area contributed by atoms with Crippen molar-refractivity contribution < 1.29 is 18.3 Å². The average Bonchev–Trinajstić information content (AvgIpc) is 3.28. The number of benzene rings is 1. The first kappa shape index (κ1) is 22.1. The van der Waals surface area contributed by atoms with Crippen molar-refractivity contribution in [1.82, 2.24) is 29.7 Å². The van der Waals surface area contributed by atoms with Crippen LogP contribution in [0.2, 0.25) is 0 Å². The van der Waals surface area contributed by atoms with Gasteiger partial charge in [-0.3, -0.25) is 4.68 Å². The summed E-state index contributed by atoms with van der Waals surface area (Å²) < 4.78 is 41.7. The fourth-order valence-electron chi connectivity index (χ4n) is 4.54. The Bertz CT molecular complexity index is 1420. The number of rotatable bonds is 4. The third kappa shape index (κ3) is 4.06. The van der Waals surface area contributed by atoms with E-state index in [9.17, 15) is 8.78 Å². The zero-order valence-electron chi connectivity index (χ0n) is 19.4. The van der Waals surface area contributed by atoms with E-state index in [1.54, 1.807) is 0 Å². The zero-order chi connectivity index (χ0) is 24.1. The second-order valence-electron chi connectivity index (χ2n) is 9.15. The highest BCUT2D eigenvalue weighted by Gasteiger charge is 2.30. The van der Waals surface area contributed by atoms with E-state index in [0.717, 1.165) is 23.7 Å². The summed E-state index contributed by atoms with van der Waals surface area (Å²) in [5.41, 5.74) is 3.73. The molecule has 0 spiro atoms. The average molecular weight is 479 g/mol. The van der Waals surface area contributed by atoms with Gasteiger partial charge in [0.15, 0.2) is 5.65 Å². The van der Waals surface area contributed by atoms with Crippen LogP contribution in [0, 0.1) is 25.5 Å². The van der Waals surface area contributed by atoms with Gasteiger partial charge in [-0.25, -0.2) is 28.7 Å². The lowest BCUT2D eigenvalue weighted by atomic mass is 9.92. The van der Waals surface area contributed by atoms with Gasteiger partial charge in [0.25, 0.3) is 0 Å². The van der Waals surface area contributed by atoms with E-state index in [4.69, 9.17) is 19.4 Å². The van der Waals surface area contributed by atoms with Crippen molar-refractivity contribution in [3.63, 3.8) is 0 Å².